The van der Waals surface area contributed by atoms with E-state index in [-0.39, 0.29) is 18.1 Å². The van der Waals surface area contributed by atoms with Gasteiger partial charge in [-0.05, 0) is 62.6 Å². The van der Waals surface area contributed by atoms with Crippen LogP contribution >= 0.6 is 0 Å². The topological polar surface area (TPSA) is 106 Å². The van der Waals surface area contributed by atoms with Gasteiger partial charge in [0.2, 0.25) is 0 Å². The fraction of sp³-hybridized carbons (Fsp3) is 0.320. The maximum atomic E-state index is 12.1. The zero-order chi connectivity index (χ0) is 22.9. The molecular weight excluding hydrogens is 418 g/mol. The SMILES string of the molecule is CCOC(=O)c1cccc(N2CC(O)=C(c3nc4ccc(N5CCCCC5)cc4[nH]3)C2=N)c1. The van der Waals surface area contributed by atoms with Gasteiger partial charge in [0.15, 0.2) is 0 Å². The third kappa shape index (κ3) is 3.92. The maximum absolute atomic E-state index is 12.1. The minimum absolute atomic E-state index is 0.0665. The van der Waals surface area contributed by atoms with Crippen LogP contribution in [0.5, 0.6) is 0 Å². The van der Waals surface area contributed by atoms with Crippen molar-refractivity contribution >= 4 is 39.8 Å². The van der Waals surface area contributed by atoms with Crippen LogP contribution in [0.2, 0.25) is 0 Å². The molecule has 3 N–H and O–H groups in total. The van der Waals surface area contributed by atoms with Crippen LogP contribution in [0.15, 0.2) is 48.2 Å². The number of anilines is 2. The highest BCUT2D eigenvalue weighted by atomic mass is 16.5. The first kappa shape index (κ1) is 21.1. The maximum Gasteiger partial charge on any atom is 0.338 e. The number of hydrogen-bond acceptors (Lipinski definition) is 6. The first-order valence-corrected chi connectivity index (χ1v) is 11.4. The fourth-order valence-corrected chi connectivity index (χ4v) is 4.53. The molecule has 0 unspecified atom stereocenters. The number of benzene rings is 2. The van der Waals surface area contributed by atoms with Gasteiger partial charge >= 0.3 is 5.97 Å². The van der Waals surface area contributed by atoms with E-state index >= 15 is 0 Å². The molecule has 0 atom stereocenters. The number of fused-ring (bicyclic) bond motifs is 1. The van der Waals surface area contributed by atoms with Crippen LogP contribution in [0.3, 0.4) is 0 Å². The summed E-state index contributed by atoms with van der Waals surface area (Å²) in [5.74, 6) is 0.247. The summed E-state index contributed by atoms with van der Waals surface area (Å²) in [4.78, 5) is 24.1. The number of imidazole rings is 1. The van der Waals surface area contributed by atoms with Crippen molar-refractivity contribution in [3.8, 4) is 0 Å². The van der Waals surface area contributed by atoms with Crippen molar-refractivity contribution in [3.63, 3.8) is 0 Å². The van der Waals surface area contributed by atoms with Gasteiger partial charge in [0.1, 0.15) is 17.4 Å². The van der Waals surface area contributed by atoms with Crippen molar-refractivity contribution in [3.05, 3.63) is 59.6 Å². The minimum atomic E-state index is -0.413. The molecule has 8 nitrogen and oxygen atoms in total. The van der Waals surface area contributed by atoms with Gasteiger partial charge in [0.25, 0.3) is 0 Å². The molecule has 1 fully saturated rings. The second kappa shape index (κ2) is 8.61. The normalized spacial score (nSPS) is 16.7. The highest BCUT2D eigenvalue weighted by Gasteiger charge is 2.31. The Labute approximate surface area is 192 Å². The van der Waals surface area contributed by atoms with E-state index in [1.165, 1.54) is 19.3 Å². The number of piperidine rings is 1. The van der Waals surface area contributed by atoms with E-state index in [1.54, 1.807) is 36.1 Å². The average molecular weight is 446 g/mol. The molecule has 33 heavy (non-hydrogen) atoms. The van der Waals surface area contributed by atoms with Gasteiger partial charge < -0.3 is 24.6 Å². The predicted octanol–water partition coefficient (Wildman–Crippen LogP) is 4.50. The molecule has 2 aromatic carbocycles. The Morgan fingerprint density at radius 1 is 1.15 bits per heavy atom. The van der Waals surface area contributed by atoms with Gasteiger partial charge in [-0.15, -0.1) is 0 Å². The molecular formula is C25H27N5O3. The standard InChI is InChI=1S/C25H27N5O3/c1-2-33-25(32)16-7-6-8-18(13-16)30-15-21(31)22(23(30)26)24-27-19-10-9-17(14-20(19)28-24)29-11-4-3-5-12-29/h6-10,13-14,26,31H,2-5,11-12,15H2,1H3,(H,27,28). The van der Waals surface area contributed by atoms with Crippen molar-refractivity contribution in [2.75, 3.05) is 36.0 Å². The molecule has 2 aliphatic rings. The highest BCUT2D eigenvalue weighted by Crippen LogP contribution is 2.32. The van der Waals surface area contributed by atoms with Gasteiger partial charge in [-0.25, -0.2) is 9.78 Å². The smallest absolute Gasteiger partial charge is 0.338 e. The first-order chi connectivity index (χ1) is 16.0. The fourth-order valence-electron chi connectivity index (χ4n) is 4.53. The third-order valence-electron chi connectivity index (χ3n) is 6.20. The molecule has 0 spiro atoms. The van der Waals surface area contributed by atoms with E-state index in [1.807, 2.05) is 6.07 Å². The lowest BCUT2D eigenvalue weighted by Gasteiger charge is -2.28. The summed E-state index contributed by atoms with van der Waals surface area (Å²) >= 11 is 0. The van der Waals surface area contributed by atoms with E-state index in [9.17, 15) is 9.90 Å². The third-order valence-corrected chi connectivity index (χ3v) is 6.20. The molecule has 170 valence electrons. The number of H-pyrrole nitrogens is 1. The molecule has 0 saturated carbocycles. The first-order valence-electron chi connectivity index (χ1n) is 11.4. The van der Waals surface area contributed by atoms with Crippen LogP contribution in [-0.2, 0) is 4.74 Å². The lowest BCUT2D eigenvalue weighted by atomic mass is 10.1. The van der Waals surface area contributed by atoms with E-state index in [4.69, 9.17) is 10.1 Å². The van der Waals surface area contributed by atoms with Gasteiger partial charge in [0.05, 0.1) is 35.3 Å². The lowest BCUT2D eigenvalue weighted by molar-refractivity contribution is 0.0526. The van der Waals surface area contributed by atoms with Crippen molar-refractivity contribution in [2.45, 2.75) is 26.2 Å². The van der Waals surface area contributed by atoms with Crippen LogP contribution in [0.25, 0.3) is 16.6 Å². The number of aromatic amines is 1. The number of amidine groups is 1. The molecule has 5 rings (SSSR count). The summed E-state index contributed by atoms with van der Waals surface area (Å²) in [6.07, 6.45) is 3.69. The molecule has 0 amide bonds. The quantitative estimate of drug-likeness (QED) is 0.500. The Balaban J connectivity index is 1.42. The molecule has 2 aliphatic heterocycles. The summed E-state index contributed by atoms with van der Waals surface area (Å²) in [7, 11) is 0. The Hall–Kier alpha value is -3.81. The number of carbonyl (C=O) groups is 1. The predicted molar refractivity (Wildman–Crippen MR) is 129 cm³/mol. The highest BCUT2D eigenvalue weighted by molar-refractivity contribution is 6.30. The lowest BCUT2D eigenvalue weighted by Crippen LogP contribution is -2.29. The Morgan fingerprint density at radius 2 is 1.97 bits per heavy atom. The van der Waals surface area contributed by atoms with E-state index in [2.05, 4.69) is 27.0 Å². The zero-order valence-electron chi connectivity index (χ0n) is 18.6. The van der Waals surface area contributed by atoms with Gasteiger partial charge in [-0.1, -0.05) is 6.07 Å². The largest absolute Gasteiger partial charge is 0.509 e. The number of nitrogens with zero attached hydrogens (tertiary/aromatic N) is 3. The van der Waals surface area contributed by atoms with Crippen LogP contribution < -0.4 is 9.80 Å². The number of rotatable bonds is 5. The van der Waals surface area contributed by atoms with Crippen LogP contribution in [0, 0.1) is 5.41 Å². The Kier molecular flexibility index (Phi) is 5.50. The number of hydrogen-bond donors (Lipinski definition) is 3. The van der Waals surface area contributed by atoms with Gasteiger partial charge in [-0.2, -0.15) is 0 Å². The number of aliphatic hydroxyl groups excluding tert-OH is 1. The molecule has 0 aliphatic carbocycles. The molecule has 0 bridgehead atoms. The van der Waals surface area contributed by atoms with Crippen molar-refractivity contribution in [1.29, 1.82) is 5.41 Å². The number of aromatic nitrogens is 2. The molecule has 3 aromatic rings. The van der Waals surface area contributed by atoms with Crippen LogP contribution in [0.1, 0.15) is 42.4 Å². The molecule has 1 saturated heterocycles. The molecule has 1 aromatic heterocycles. The Bertz CT molecular complexity index is 1260. The number of nitrogens with one attached hydrogen (secondary N) is 2. The van der Waals surface area contributed by atoms with E-state index in [0.29, 0.717) is 29.3 Å². The number of esters is 1. The van der Waals surface area contributed by atoms with Crippen molar-refractivity contribution in [1.82, 2.24) is 9.97 Å². The molecule has 0 radical (unpaired) electrons. The Morgan fingerprint density at radius 3 is 2.76 bits per heavy atom. The monoisotopic (exact) mass is 445 g/mol. The molecule has 8 heteroatoms. The van der Waals surface area contributed by atoms with Crippen LogP contribution in [-0.4, -0.2) is 53.1 Å². The molecule has 3 heterocycles. The summed E-state index contributed by atoms with van der Waals surface area (Å²) in [5.41, 5.74) is 4.24. The number of carbonyl (C=O) groups excluding carboxylic acids is 1. The average Bonchev–Trinajstić information content (AvgIpc) is 3.38. The summed E-state index contributed by atoms with van der Waals surface area (Å²) in [5, 5.41) is 19.5. The summed E-state index contributed by atoms with van der Waals surface area (Å²) < 4.78 is 5.08. The summed E-state index contributed by atoms with van der Waals surface area (Å²) in [6, 6.07) is 13.1. The zero-order valence-corrected chi connectivity index (χ0v) is 18.6. The van der Waals surface area contributed by atoms with Crippen molar-refractivity contribution in [2.24, 2.45) is 0 Å². The second-order valence-corrected chi connectivity index (χ2v) is 8.36. The minimum Gasteiger partial charge on any atom is -0.509 e. The van der Waals surface area contributed by atoms with Gasteiger partial charge in [0, 0.05) is 24.5 Å². The van der Waals surface area contributed by atoms with E-state index < -0.39 is 5.97 Å². The van der Waals surface area contributed by atoms with Crippen LogP contribution in [0.4, 0.5) is 11.4 Å². The summed E-state index contributed by atoms with van der Waals surface area (Å²) in [6.45, 7) is 4.30. The number of ether oxygens (including phenoxy) is 1. The van der Waals surface area contributed by atoms with Crippen molar-refractivity contribution < 1.29 is 14.6 Å². The van der Waals surface area contributed by atoms with Gasteiger partial charge in [-0.3, -0.25) is 5.41 Å². The second-order valence-electron chi connectivity index (χ2n) is 8.36. The number of aliphatic hydroxyl groups is 1. The van der Waals surface area contributed by atoms with E-state index in [0.717, 1.165) is 29.8 Å².